The molecule has 0 unspecified atom stereocenters. The van der Waals surface area contributed by atoms with Crippen molar-refractivity contribution in [1.82, 2.24) is 4.98 Å². The maximum Gasteiger partial charge on any atom is 0.242 e. The zero-order valence-corrected chi connectivity index (χ0v) is 12.5. The Labute approximate surface area is 125 Å². The van der Waals surface area contributed by atoms with Crippen molar-refractivity contribution in [2.75, 3.05) is 11.9 Å². The standard InChI is InChI=1S/C17H24F2N2/c1-13(12-16(18)19)6-3-2-4-8-15-10-9-14-7-5-11-20-17(14)21-15/h9-10,16H,1-8,11-12H2,(H,20,21). The Morgan fingerprint density at radius 1 is 1.29 bits per heavy atom. The number of halogens is 2. The first-order valence-corrected chi connectivity index (χ1v) is 7.82. The van der Waals surface area contributed by atoms with Gasteiger partial charge in [0, 0.05) is 18.7 Å². The Kier molecular flexibility index (Phi) is 6.15. The minimum atomic E-state index is -2.26. The molecule has 1 N–H and O–H groups in total. The number of pyridine rings is 1. The van der Waals surface area contributed by atoms with Crippen molar-refractivity contribution >= 4 is 5.82 Å². The monoisotopic (exact) mass is 294 g/mol. The van der Waals surface area contributed by atoms with Crippen LogP contribution in [0.15, 0.2) is 24.3 Å². The second kappa shape index (κ2) is 8.11. The highest BCUT2D eigenvalue weighted by molar-refractivity contribution is 5.46. The topological polar surface area (TPSA) is 24.9 Å². The number of fused-ring (bicyclic) bond motifs is 1. The summed E-state index contributed by atoms with van der Waals surface area (Å²) in [6.07, 6.45) is 4.57. The fraction of sp³-hybridized carbons (Fsp3) is 0.588. The van der Waals surface area contributed by atoms with E-state index < -0.39 is 6.43 Å². The van der Waals surface area contributed by atoms with Crippen LogP contribution in [0.4, 0.5) is 14.6 Å². The smallest absolute Gasteiger partial charge is 0.242 e. The fourth-order valence-electron chi connectivity index (χ4n) is 2.69. The lowest BCUT2D eigenvalue weighted by Crippen LogP contribution is -2.13. The largest absolute Gasteiger partial charge is 0.370 e. The van der Waals surface area contributed by atoms with E-state index in [0.717, 1.165) is 50.2 Å². The molecule has 21 heavy (non-hydrogen) atoms. The Morgan fingerprint density at radius 3 is 2.95 bits per heavy atom. The van der Waals surface area contributed by atoms with Gasteiger partial charge in [-0.2, -0.15) is 0 Å². The average Bonchev–Trinajstić information content (AvgIpc) is 2.46. The van der Waals surface area contributed by atoms with Crippen molar-refractivity contribution in [2.45, 2.75) is 57.8 Å². The SMILES string of the molecule is C=C(CCCCCc1ccc2c(n1)NCCC2)CC(F)F. The number of nitrogens with zero attached hydrogens (tertiary/aromatic N) is 1. The van der Waals surface area contributed by atoms with Crippen LogP contribution in [0.3, 0.4) is 0 Å². The molecule has 0 radical (unpaired) electrons. The number of anilines is 1. The third-order valence-corrected chi connectivity index (χ3v) is 3.86. The summed E-state index contributed by atoms with van der Waals surface area (Å²) in [6, 6.07) is 4.29. The van der Waals surface area contributed by atoms with E-state index in [2.05, 4.69) is 29.0 Å². The van der Waals surface area contributed by atoms with Crippen LogP contribution in [0.2, 0.25) is 0 Å². The number of aromatic nitrogens is 1. The van der Waals surface area contributed by atoms with E-state index in [1.54, 1.807) is 0 Å². The van der Waals surface area contributed by atoms with E-state index in [1.807, 2.05) is 0 Å². The quantitative estimate of drug-likeness (QED) is 0.552. The van der Waals surface area contributed by atoms with E-state index in [1.165, 1.54) is 12.0 Å². The van der Waals surface area contributed by atoms with Gasteiger partial charge in [0.15, 0.2) is 0 Å². The molecule has 0 aliphatic carbocycles. The Morgan fingerprint density at radius 2 is 2.14 bits per heavy atom. The lowest BCUT2D eigenvalue weighted by atomic mass is 10.0. The van der Waals surface area contributed by atoms with Crippen molar-refractivity contribution in [3.63, 3.8) is 0 Å². The molecule has 2 heterocycles. The van der Waals surface area contributed by atoms with E-state index in [-0.39, 0.29) is 6.42 Å². The molecule has 0 fully saturated rings. The maximum absolute atomic E-state index is 12.1. The number of rotatable bonds is 8. The minimum absolute atomic E-state index is 0.155. The van der Waals surface area contributed by atoms with Gasteiger partial charge in [0.25, 0.3) is 0 Å². The number of alkyl halides is 2. The first kappa shape index (κ1) is 15.9. The van der Waals surface area contributed by atoms with E-state index in [9.17, 15) is 8.78 Å². The van der Waals surface area contributed by atoms with E-state index in [0.29, 0.717) is 12.0 Å². The van der Waals surface area contributed by atoms with Crippen molar-refractivity contribution in [2.24, 2.45) is 0 Å². The average molecular weight is 294 g/mol. The van der Waals surface area contributed by atoms with Crippen LogP contribution in [0.5, 0.6) is 0 Å². The molecule has 0 atom stereocenters. The van der Waals surface area contributed by atoms with Crippen LogP contribution in [0, 0.1) is 0 Å². The van der Waals surface area contributed by atoms with Gasteiger partial charge >= 0.3 is 0 Å². The molecule has 2 rings (SSSR count). The van der Waals surface area contributed by atoms with Gasteiger partial charge in [-0.25, -0.2) is 13.8 Å². The van der Waals surface area contributed by atoms with Crippen LogP contribution < -0.4 is 5.32 Å². The molecular formula is C17H24F2N2. The summed E-state index contributed by atoms with van der Waals surface area (Å²) in [5.41, 5.74) is 3.10. The highest BCUT2D eigenvalue weighted by Gasteiger charge is 2.10. The van der Waals surface area contributed by atoms with Gasteiger partial charge in [-0.3, -0.25) is 0 Å². The van der Waals surface area contributed by atoms with Crippen LogP contribution in [0.25, 0.3) is 0 Å². The normalized spacial score (nSPS) is 13.9. The number of nitrogens with one attached hydrogen (secondary N) is 1. The van der Waals surface area contributed by atoms with Crippen molar-refractivity contribution < 1.29 is 8.78 Å². The van der Waals surface area contributed by atoms with Gasteiger partial charge in [-0.05, 0) is 50.2 Å². The van der Waals surface area contributed by atoms with Gasteiger partial charge in [0.2, 0.25) is 6.43 Å². The molecule has 1 aliphatic heterocycles. The summed E-state index contributed by atoms with van der Waals surface area (Å²) < 4.78 is 24.3. The molecule has 4 heteroatoms. The Balaban J connectivity index is 1.66. The zero-order valence-electron chi connectivity index (χ0n) is 12.5. The second-order valence-electron chi connectivity index (χ2n) is 5.75. The summed E-state index contributed by atoms with van der Waals surface area (Å²) in [6.45, 7) is 4.71. The van der Waals surface area contributed by atoms with Gasteiger partial charge in [0.05, 0.1) is 0 Å². The number of hydrogen-bond acceptors (Lipinski definition) is 2. The van der Waals surface area contributed by atoms with Crippen LogP contribution in [0.1, 0.15) is 49.8 Å². The molecule has 0 bridgehead atoms. The van der Waals surface area contributed by atoms with Crippen molar-refractivity contribution in [1.29, 1.82) is 0 Å². The predicted molar refractivity (Wildman–Crippen MR) is 83.0 cm³/mol. The lowest BCUT2D eigenvalue weighted by molar-refractivity contribution is 0.148. The molecular weight excluding hydrogens is 270 g/mol. The number of aryl methyl sites for hydroxylation is 2. The first-order chi connectivity index (χ1) is 10.1. The van der Waals surface area contributed by atoms with Gasteiger partial charge in [-0.15, -0.1) is 0 Å². The summed E-state index contributed by atoms with van der Waals surface area (Å²) >= 11 is 0. The van der Waals surface area contributed by atoms with Crippen molar-refractivity contribution in [3.8, 4) is 0 Å². The van der Waals surface area contributed by atoms with Crippen LogP contribution in [-0.4, -0.2) is 18.0 Å². The highest BCUT2D eigenvalue weighted by atomic mass is 19.3. The van der Waals surface area contributed by atoms with E-state index >= 15 is 0 Å². The third-order valence-electron chi connectivity index (χ3n) is 3.86. The molecule has 0 spiro atoms. The zero-order chi connectivity index (χ0) is 15.1. The number of allylic oxidation sites excluding steroid dienone is 1. The third kappa shape index (κ3) is 5.44. The van der Waals surface area contributed by atoms with E-state index in [4.69, 9.17) is 0 Å². The molecule has 0 saturated carbocycles. The summed E-state index contributed by atoms with van der Waals surface area (Å²) in [5.74, 6) is 1.05. The molecule has 0 aromatic carbocycles. The molecule has 0 amide bonds. The maximum atomic E-state index is 12.1. The highest BCUT2D eigenvalue weighted by Crippen LogP contribution is 2.21. The molecule has 116 valence electrons. The summed E-state index contributed by atoms with van der Waals surface area (Å²) in [5, 5.41) is 3.34. The Hall–Kier alpha value is -1.45. The molecule has 1 aromatic heterocycles. The van der Waals surface area contributed by atoms with Crippen molar-refractivity contribution in [3.05, 3.63) is 35.5 Å². The lowest BCUT2D eigenvalue weighted by Gasteiger charge is -2.17. The van der Waals surface area contributed by atoms with Gasteiger partial charge in [-0.1, -0.05) is 24.6 Å². The number of hydrogen-bond donors (Lipinski definition) is 1. The minimum Gasteiger partial charge on any atom is -0.370 e. The summed E-state index contributed by atoms with van der Waals surface area (Å²) in [4.78, 5) is 4.66. The first-order valence-electron chi connectivity index (χ1n) is 7.82. The molecule has 1 aromatic rings. The Bertz CT molecular complexity index is 472. The summed E-state index contributed by atoms with van der Waals surface area (Å²) in [7, 11) is 0. The van der Waals surface area contributed by atoms with Crippen LogP contribution in [-0.2, 0) is 12.8 Å². The number of unbranched alkanes of at least 4 members (excludes halogenated alkanes) is 2. The second-order valence-corrected chi connectivity index (χ2v) is 5.75. The molecule has 0 saturated heterocycles. The van der Waals surface area contributed by atoms with Gasteiger partial charge < -0.3 is 5.32 Å². The van der Waals surface area contributed by atoms with Crippen LogP contribution >= 0.6 is 0 Å². The fourth-order valence-corrected chi connectivity index (χ4v) is 2.69. The predicted octanol–water partition coefficient (Wildman–Crippen LogP) is 4.75. The molecule has 2 nitrogen and oxygen atoms in total. The van der Waals surface area contributed by atoms with Gasteiger partial charge in [0.1, 0.15) is 5.82 Å². The molecule has 1 aliphatic rings.